The first-order valence-electron chi connectivity index (χ1n) is 10.1. The standard InChI is InChI=1S/C21H30Cl2N2O3/c1-14-11-24(12-15(2)27-14)13-17-6-8-25(9-7-17)21(26)16(3)28-20-5-4-18(22)10-19(20)23/h4-5,10,14-17H,6-9,11-13H2,1-3H3. The summed E-state index contributed by atoms with van der Waals surface area (Å²) in [5.41, 5.74) is 0. The molecule has 28 heavy (non-hydrogen) atoms. The molecular weight excluding hydrogens is 399 g/mol. The second kappa shape index (κ2) is 9.66. The molecule has 3 rings (SSSR count). The van der Waals surface area contributed by atoms with Crippen molar-refractivity contribution in [2.75, 3.05) is 32.7 Å². The van der Waals surface area contributed by atoms with Gasteiger partial charge in [0.25, 0.3) is 5.91 Å². The number of hydrogen-bond acceptors (Lipinski definition) is 4. The predicted molar refractivity (Wildman–Crippen MR) is 112 cm³/mol. The summed E-state index contributed by atoms with van der Waals surface area (Å²) in [6, 6.07) is 5.03. The van der Waals surface area contributed by atoms with Gasteiger partial charge in [0.1, 0.15) is 5.75 Å². The van der Waals surface area contributed by atoms with Crippen molar-refractivity contribution in [1.82, 2.24) is 9.80 Å². The van der Waals surface area contributed by atoms with E-state index in [2.05, 4.69) is 18.7 Å². The topological polar surface area (TPSA) is 42.0 Å². The van der Waals surface area contributed by atoms with Crippen LogP contribution in [0.3, 0.4) is 0 Å². The number of hydrogen-bond donors (Lipinski definition) is 0. The van der Waals surface area contributed by atoms with E-state index >= 15 is 0 Å². The normalized spacial score (nSPS) is 25.5. The second-order valence-corrected chi connectivity index (χ2v) is 8.92. The fraction of sp³-hybridized carbons (Fsp3) is 0.667. The SMILES string of the molecule is CC1CN(CC2CCN(C(=O)C(C)Oc3ccc(Cl)cc3Cl)CC2)CC(C)O1. The van der Waals surface area contributed by atoms with Crippen LogP contribution in [0.4, 0.5) is 0 Å². The number of amides is 1. The Hall–Kier alpha value is -1.01. The van der Waals surface area contributed by atoms with Crippen LogP contribution in [0.15, 0.2) is 18.2 Å². The predicted octanol–water partition coefficient (Wildman–Crippen LogP) is 4.11. The second-order valence-electron chi connectivity index (χ2n) is 8.08. The number of rotatable bonds is 5. The van der Waals surface area contributed by atoms with Crippen LogP contribution in [0, 0.1) is 5.92 Å². The lowest BCUT2D eigenvalue weighted by Crippen LogP contribution is -2.49. The number of carbonyl (C=O) groups excluding carboxylic acids is 1. The number of halogens is 2. The molecule has 5 nitrogen and oxygen atoms in total. The summed E-state index contributed by atoms with van der Waals surface area (Å²) in [6.07, 6.45) is 2.07. The zero-order valence-electron chi connectivity index (χ0n) is 16.9. The third-order valence-corrected chi connectivity index (χ3v) is 6.01. The van der Waals surface area contributed by atoms with Crippen LogP contribution < -0.4 is 4.74 Å². The van der Waals surface area contributed by atoms with Gasteiger partial charge in [0.2, 0.25) is 0 Å². The van der Waals surface area contributed by atoms with E-state index < -0.39 is 6.10 Å². The summed E-state index contributed by atoms with van der Waals surface area (Å²) in [5.74, 6) is 1.12. The number of nitrogens with zero attached hydrogens (tertiary/aromatic N) is 2. The summed E-state index contributed by atoms with van der Waals surface area (Å²) in [5, 5.41) is 0.960. The lowest BCUT2D eigenvalue weighted by molar-refractivity contribution is -0.139. The first-order valence-corrected chi connectivity index (χ1v) is 10.9. The molecule has 1 aromatic rings. The van der Waals surface area contributed by atoms with Gasteiger partial charge in [-0.05, 0) is 57.7 Å². The number of likely N-dealkylation sites (tertiary alicyclic amines) is 1. The molecule has 0 bridgehead atoms. The fourth-order valence-corrected chi connectivity index (χ4v) is 4.66. The van der Waals surface area contributed by atoms with Crippen molar-refractivity contribution in [2.45, 2.75) is 51.9 Å². The molecule has 2 aliphatic heterocycles. The Morgan fingerprint density at radius 3 is 2.46 bits per heavy atom. The molecule has 0 aliphatic carbocycles. The molecule has 2 aliphatic rings. The van der Waals surface area contributed by atoms with Gasteiger partial charge in [-0.2, -0.15) is 0 Å². The molecule has 0 radical (unpaired) electrons. The summed E-state index contributed by atoms with van der Waals surface area (Å²) in [7, 11) is 0. The summed E-state index contributed by atoms with van der Waals surface area (Å²) in [6.45, 7) is 10.7. The quantitative estimate of drug-likeness (QED) is 0.707. The van der Waals surface area contributed by atoms with Crippen LogP contribution in [-0.2, 0) is 9.53 Å². The van der Waals surface area contributed by atoms with Crippen molar-refractivity contribution in [2.24, 2.45) is 5.92 Å². The molecule has 3 unspecified atom stereocenters. The molecule has 7 heteroatoms. The Morgan fingerprint density at radius 2 is 1.86 bits per heavy atom. The van der Waals surface area contributed by atoms with Gasteiger partial charge in [0, 0.05) is 37.7 Å². The first kappa shape index (κ1) is 21.7. The molecular formula is C21H30Cl2N2O3. The number of carbonyl (C=O) groups is 1. The van der Waals surface area contributed by atoms with Crippen LogP contribution in [0.2, 0.25) is 10.0 Å². The van der Waals surface area contributed by atoms with Gasteiger partial charge in [-0.3, -0.25) is 9.69 Å². The highest BCUT2D eigenvalue weighted by Crippen LogP contribution is 2.29. The van der Waals surface area contributed by atoms with E-state index in [0.717, 1.165) is 45.6 Å². The largest absolute Gasteiger partial charge is 0.479 e. The third kappa shape index (κ3) is 5.76. The number of piperidine rings is 1. The molecule has 0 N–H and O–H groups in total. The molecule has 2 saturated heterocycles. The minimum absolute atomic E-state index is 0.0121. The average molecular weight is 429 g/mol. The highest BCUT2D eigenvalue weighted by molar-refractivity contribution is 6.35. The van der Waals surface area contributed by atoms with E-state index in [-0.39, 0.29) is 5.91 Å². The van der Waals surface area contributed by atoms with Gasteiger partial charge in [0.05, 0.1) is 17.2 Å². The molecule has 1 amide bonds. The van der Waals surface area contributed by atoms with Gasteiger partial charge < -0.3 is 14.4 Å². The van der Waals surface area contributed by atoms with Crippen LogP contribution >= 0.6 is 23.2 Å². The van der Waals surface area contributed by atoms with Crippen LogP contribution in [0.1, 0.15) is 33.6 Å². The van der Waals surface area contributed by atoms with E-state index in [1.807, 2.05) is 4.90 Å². The maximum Gasteiger partial charge on any atom is 0.263 e. The maximum atomic E-state index is 12.8. The lowest BCUT2D eigenvalue weighted by atomic mass is 9.95. The Balaban J connectivity index is 1.46. The minimum atomic E-state index is -0.573. The molecule has 0 spiro atoms. The number of benzene rings is 1. The molecule has 0 aromatic heterocycles. The Kier molecular flexibility index (Phi) is 7.48. The smallest absolute Gasteiger partial charge is 0.263 e. The number of morpholine rings is 1. The van der Waals surface area contributed by atoms with Crippen LogP contribution in [0.5, 0.6) is 5.75 Å². The zero-order valence-corrected chi connectivity index (χ0v) is 18.4. The van der Waals surface area contributed by atoms with E-state index in [0.29, 0.717) is 33.9 Å². The maximum absolute atomic E-state index is 12.8. The van der Waals surface area contributed by atoms with Crippen molar-refractivity contribution in [1.29, 1.82) is 0 Å². The van der Waals surface area contributed by atoms with E-state index in [1.165, 1.54) is 0 Å². The molecule has 2 fully saturated rings. The Morgan fingerprint density at radius 1 is 1.21 bits per heavy atom. The van der Waals surface area contributed by atoms with Crippen molar-refractivity contribution in [3.8, 4) is 5.75 Å². The zero-order chi connectivity index (χ0) is 20.3. The van der Waals surface area contributed by atoms with Crippen molar-refractivity contribution in [3.05, 3.63) is 28.2 Å². The minimum Gasteiger partial charge on any atom is -0.479 e. The van der Waals surface area contributed by atoms with Crippen molar-refractivity contribution < 1.29 is 14.3 Å². The molecule has 2 heterocycles. The Labute approximate surface area is 177 Å². The van der Waals surface area contributed by atoms with E-state index in [1.54, 1.807) is 25.1 Å². The molecule has 156 valence electrons. The van der Waals surface area contributed by atoms with Gasteiger partial charge in [-0.15, -0.1) is 0 Å². The molecule has 1 aromatic carbocycles. The molecule has 3 atom stereocenters. The Bertz CT molecular complexity index is 670. The highest BCUT2D eigenvalue weighted by Gasteiger charge is 2.30. The molecule has 0 saturated carbocycles. The highest BCUT2D eigenvalue weighted by atomic mass is 35.5. The summed E-state index contributed by atoms with van der Waals surface area (Å²) < 4.78 is 11.6. The average Bonchev–Trinajstić information content (AvgIpc) is 2.63. The van der Waals surface area contributed by atoms with Crippen LogP contribution in [-0.4, -0.2) is 66.7 Å². The van der Waals surface area contributed by atoms with E-state index in [9.17, 15) is 4.79 Å². The van der Waals surface area contributed by atoms with Gasteiger partial charge in [0.15, 0.2) is 6.10 Å². The van der Waals surface area contributed by atoms with Gasteiger partial charge in [-0.1, -0.05) is 23.2 Å². The monoisotopic (exact) mass is 428 g/mol. The summed E-state index contributed by atoms with van der Waals surface area (Å²) in [4.78, 5) is 17.2. The van der Waals surface area contributed by atoms with Crippen molar-refractivity contribution in [3.63, 3.8) is 0 Å². The lowest BCUT2D eigenvalue weighted by Gasteiger charge is -2.39. The van der Waals surface area contributed by atoms with Gasteiger partial charge >= 0.3 is 0 Å². The van der Waals surface area contributed by atoms with Crippen molar-refractivity contribution >= 4 is 29.1 Å². The van der Waals surface area contributed by atoms with E-state index in [4.69, 9.17) is 32.7 Å². The van der Waals surface area contributed by atoms with Gasteiger partial charge in [-0.25, -0.2) is 0 Å². The first-order chi connectivity index (χ1) is 13.3. The number of ether oxygens (including phenoxy) is 2. The third-order valence-electron chi connectivity index (χ3n) is 5.48. The van der Waals surface area contributed by atoms with Crippen LogP contribution in [0.25, 0.3) is 0 Å². The summed E-state index contributed by atoms with van der Waals surface area (Å²) >= 11 is 12.1. The fourth-order valence-electron chi connectivity index (χ4n) is 4.20.